The Hall–Kier alpha value is -1.44. The molecule has 0 unspecified atom stereocenters. The van der Waals surface area contributed by atoms with Gasteiger partial charge >= 0.3 is 0 Å². The molecule has 1 aliphatic rings. The molecule has 2 rings (SSSR count). The van der Waals surface area contributed by atoms with Crippen molar-refractivity contribution in [3.8, 4) is 0 Å². The molecule has 1 aromatic carbocycles. The van der Waals surface area contributed by atoms with Gasteiger partial charge in [-0.1, -0.05) is 53.7 Å². The van der Waals surface area contributed by atoms with E-state index in [4.69, 9.17) is 0 Å². The van der Waals surface area contributed by atoms with Crippen molar-refractivity contribution in [2.24, 2.45) is 0 Å². The van der Waals surface area contributed by atoms with Crippen LogP contribution < -0.4 is 10.4 Å². The van der Waals surface area contributed by atoms with E-state index in [1.54, 1.807) is 0 Å². The molecule has 19 heavy (non-hydrogen) atoms. The van der Waals surface area contributed by atoms with E-state index in [0.29, 0.717) is 0 Å². The highest BCUT2D eigenvalue weighted by Crippen LogP contribution is 2.35. The number of rotatable bonds is 1. The molecule has 0 bridgehead atoms. The first-order valence-corrected chi connectivity index (χ1v) is 7.03. The second-order valence-corrected chi connectivity index (χ2v) is 7.37. The van der Waals surface area contributed by atoms with Crippen molar-refractivity contribution < 1.29 is 0 Å². The number of hydrogen-bond acceptors (Lipinski definition) is 2. The van der Waals surface area contributed by atoms with E-state index in [9.17, 15) is 0 Å². The Morgan fingerprint density at radius 2 is 1.68 bits per heavy atom. The summed E-state index contributed by atoms with van der Waals surface area (Å²) in [4.78, 5) is 0. The highest BCUT2D eigenvalue weighted by Gasteiger charge is 2.24. The van der Waals surface area contributed by atoms with E-state index in [0.717, 1.165) is 6.54 Å². The molecule has 0 radical (unpaired) electrons. The van der Waals surface area contributed by atoms with Crippen LogP contribution in [0, 0.1) is 0 Å². The Kier molecular flexibility index (Phi) is 3.38. The zero-order valence-electron chi connectivity index (χ0n) is 13.0. The molecule has 1 aromatic rings. The molecule has 1 heterocycles. The largest absolute Gasteiger partial charge is 0.306 e. The second-order valence-electron chi connectivity index (χ2n) is 7.37. The van der Waals surface area contributed by atoms with Crippen LogP contribution in [0.15, 0.2) is 30.5 Å². The monoisotopic (exact) mass is 258 g/mol. The van der Waals surface area contributed by atoms with E-state index in [1.165, 1.54) is 16.8 Å². The van der Waals surface area contributed by atoms with Crippen molar-refractivity contribution >= 4 is 5.69 Å². The maximum atomic E-state index is 3.32. The molecule has 1 N–H and O–H groups in total. The first-order chi connectivity index (χ1) is 8.69. The molecule has 0 saturated carbocycles. The molecule has 0 atom stereocenters. The maximum absolute atomic E-state index is 3.32. The van der Waals surface area contributed by atoms with Gasteiger partial charge in [0.2, 0.25) is 0 Å². The van der Waals surface area contributed by atoms with Gasteiger partial charge in [0, 0.05) is 6.20 Å². The minimum Gasteiger partial charge on any atom is -0.306 e. The normalized spacial score (nSPS) is 15.8. The molecule has 0 saturated heterocycles. The fourth-order valence-corrected chi connectivity index (χ4v) is 2.38. The second kappa shape index (κ2) is 4.59. The van der Waals surface area contributed by atoms with E-state index >= 15 is 0 Å². The Labute approximate surface area is 117 Å². The van der Waals surface area contributed by atoms with Gasteiger partial charge in [-0.15, -0.1) is 0 Å². The van der Waals surface area contributed by atoms with Crippen LogP contribution in [0.4, 0.5) is 5.69 Å². The summed E-state index contributed by atoms with van der Waals surface area (Å²) in [6.45, 7) is 14.5. The van der Waals surface area contributed by atoms with Crippen LogP contribution in [0.2, 0.25) is 0 Å². The summed E-state index contributed by atoms with van der Waals surface area (Å²) in [7, 11) is 0. The quantitative estimate of drug-likeness (QED) is 0.815. The first kappa shape index (κ1) is 14.0. The van der Waals surface area contributed by atoms with Crippen molar-refractivity contribution in [1.29, 1.82) is 0 Å². The average Bonchev–Trinajstić information content (AvgIpc) is 2.79. The molecule has 2 heteroatoms. The van der Waals surface area contributed by atoms with Gasteiger partial charge in [-0.05, 0) is 34.1 Å². The van der Waals surface area contributed by atoms with Crippen LogP contribution in [0.25, 0.3) is 0 Å². The summed E-state index contributed by atoms with van der Waals surface area (Å²) in [6.07, 6.45) is 4.16. The lowest BCUT2D eigenvalue weighted by molar-refractivity contribution is 0.574. The zero-order chi connectivity index (χ0) is 14.3. The molecule has 0 fully saturated rings. The number of benzene rings is 1. The van der Waals surface area contributed by atoms with Crippen LogP contribution in [0.5, 0.6) is 0 Å². The number of hydrazine groups is 1. The Balaban J connectivity index is 2.51. The van der Waals surface area contributed by atoms with Gasteiger partial charge in [0.05, 0.1) is 12.2 Å². The van der Waals surface area contributed by atoms with E-state index in [1.807, 2.05) is 6.20 Å². The average molecular weight is 258 g/mol. The van der Waals surface area contributed by atoms with Crippen LogP contribution in [-0.2, 0) is 10.8 Å². The van der Waals surface area contributed by atoms with E-state index in [2.05, 4.69) is 76.3 Å². The fourth-order valence-electron chi connectivity index (χ4n) is 2.38. The van der Waals surface area contributed by atoms with Crippen LogP contribution in [-0.4, -0.2) is 6.54 Å². The Morgan fingerprint density at radius 3 is 2.16 bits per heavy atom. The minimum atomic E-state index is 0.149. The van der Waals surface area contributed by atoms with Crippen LogP contribution in [0.3, 0.4) is 0 Å². The van der Waals surface area contributed by atoms with Gasteiger partial charge in [0.15, 0.2) is 0 Å². The third-order valence-corrected chi connectivity index (χ3v) is 3.60. The van der Waals surface area contributed by atoms with Crippen molar-refractivity contribution in [2.75, 3.05) is 11.6 Å². The SMILES string of the molecule is CC(C)(C)c1ccc(C(C)(C)C)c(N2CC=CN2)c1. The molecular weight excluding hydrogens is 232 g/mol. The number of anilines is 1. The van der Waals surface area contributed by atoms with Crippen molar-refractivity contribution in [3.05, 3.63) is 41.6 Å². The molecule has 0 aromatic heterocycles. The lowest BCUT2D eigenvalue weighted by atomic mass is 9.81. The third-order valence-electron chi connectivity index (χ3n) is 3.60. The van der Waals surface area contributed by atoms with Gasteiger partial charge in [-0.25, -0.2) is 0 Å². The number of nitrogens with one attached hydrogen (secondary N) is 1. The Morgan fingerprint density at radius 1 is 1.00 bits per heavy atom. The Bertz CT molecular complexity index is 479. The molecular formula is C17H26N2. The topological polar surface area (TPSA) is 15.3 Å². The summed E-state index contributed by atoms with van der Waals surface area (Å²) in [5, 5.41) is 2.22. The van der Waals surface area contributed by atoms with Gasteiger partial charge in [0.25, 0.3) is 0 Å². The molecule has 104 valence electrons. The summed E-state index contributed by atoms with van der Waals surface area (Å²) >= 11 is 0. The number of hydrogen-bond donors (Lipinski definition) is 1. The van der Waals surface area contributed by atoms with Gasteiger partial charge in [-0.3, -0.25) is 5.01 Å². The molecule has 2 nitrogen and oxygen atoms in total. The summed E-state index contributed by atoms with van der Waals surface area (Å²) in [5.74, 6) is 0. The standard InChI is InChI=1S/C17H26N2/c1-16(2,3)13-8-9-14(17(4,5)6)15(12-13)19-11-7-10-18-19/h7-10,12,18H,11H2,1-6H3. The predicted octanol–water partition coefficient (Wildman–Crippen LogP) is 4.12. The van der Waals surface area contributed by atoms with E-state index < -0.39 is 0 Å². The highest BCUT2D eigenvalue weighted by molar-refractivity contribution is 5.59. The first-order valence-electron chi connectivity index (χ1n) is 7.03. The van der Waals surface area contributed by atoms with Crippen LogP contribution in [0.1, 0.15) is 52.7 Å². The molecule has 0 spiro atoms. The maximum Gasteiger partial charge on any atom is 0.0615 e. The summed E-state index contributed by atoms with van der Waals surface area (Å²) in [6, 6.07) is 6.89. The highest BCUT2D eigenvalue weighted by atomic mass is 15.5. The van der Waals surface area contributed by atoms with Crippen molar-refractivity contribution in [1.82, 2.24) is 5.43 Å². The number of nitrogens with zero attached hydrogens (tertiary/aromatic N) is 1. The molecule has 1 aliphatic heterocycles. The van der Waals surface area contributed by atoms with E-state index in [-0.39, 0.29) is 10.8 Å². The lowest BCUT2D eigenvalue weighted by Gasteiger charge is -2.31. The minimum absolute atomic E-state index is 0.149. The van der Waals surface area contributed by atoms with Gasteiger partial charge in [-0.2, -0.15) is 0 Å². The molecule has 0 aliphatic carbocycles. The molecule has 0 amide bonds. The third kappa shape index (κ3) is 2.94. The predicted molar refractivity (Wildman–Crippen MR) is 83.5 cm³/mol. The lowest BCUT2D eigenvalue weighted by Crippen LogP contribution is -2.32. The van der Waals surface area contributed by atoms with Crippen molar-refractivity contribution in [3.63, 3.8) is 0 Å². The summed E-state index contributed by atoms with van der Waals surface area (Å²) < 4.78 is 0. The smallest absolute Gasteiger partial charge is 0.0615 e. The zero-order valence-corrected chi connectivity index (χ0v) is 13.0. The fraction of sp³-hybridized carbons (Fsp3) is 0.529. The van der Waals surface area contributed by atoms with Gasteiger partial charge < -0.3 is 5.43 Å². The van der Waals surface area contributed by atoms with Crippen molar-refractivity contribution in [2.45, 2.75) is 52.4 Å². The van der Waals surface area contributed by atoms with Gasteiger partial charge in [0.1, 0.15) is 0 Å². The summed E-state index contributed by atoms with van der Waals surface area (Å²) in [5.41, 5.74) is 7.71. The van der Waals surface area contributed by atoms with Crippen LogP contribution >= 0.6 is 0 Å².